The highest BCUT2D eigenvalue weighted by molar-refractivity contribution is 6.10. The van der Waals surface area contributed by atoms with Gasteiger partial charge < -0.3 is 14.4 Å². The number of carbonyl (C=O) groups excluding carboxylic acids is 3. The van der Waals surface area contributed by atoms with E-state index in [2.05, 4.69) is 13.8 Å². The van der Waals surface area contributed by atoms with Gasteiger partial charge in [-0.1, -0.05) is 26.0 Å². The summed E-state index contributed by atoms with van der Waals surface area (Å²) in [6.45, 7) is 6.55. The quantitative estimate of drug-likeness (QED) is 0.463. The maximum absolute atomic E-state index is 13.8. The molecule has 0 bridgehead atoms. The molecule has 2 atom stereocenters. The van der Waals surface area contributed by atoms with Crippen molar-refractivity contribution in [3.8, 4) is 5.75 Å². The molecule has 0 aromatic heterocycles. The second-order valence-electron chi connectivity index (χ2n) is 10.6. The number of amides is 3. The van der Waals surface area contributed by atoms with Crippen LogP contribution in [0.5, 0.6) is 5.75 Å². The summed E-state index contributed by atoms with van der Waals surface area (Å²) >= 11 is 0. The van der Waals surface area contributed by atoms with E-state index < -0.39 is 5.41 Å². The van der Waals surface area contributed by atoms with Crippen LogP contribution in [0, 0.1) is 11.8 Å². The molecule has 1 aromatic rings. The number of benzene rings is 1. The highest BCUT2D eigenvalue weighted by Gasteiger charge is 2.54. The molecule has 2 saturated heterocycles. The molecule has 1 saturated carbocycles. The zero-order chi connectivity index (χ0) is 24.3. The predicted octanol–water partition coefficient (Wildman–Crippen LogP) is 3.55. The summed E-state index contributed by atoms with van der Waals surface area (Å²) < 4.78 is 11.1. The van der Waals surface area contributed by atoms with Crippen molar-refractivity contribution in [2.24, 2.45) is 11.8 Å². The maximum Gasteiger partial charge on any atom is 0.240 e. The summed E-state index contributed by atoms with van der Waals surface area (Å²) in [7, 11) is 1.59. The number of rotatable bonds is 11. The standard InChI is InChI=1S/C27H38N2O5/c1-19(2)12-13-29-25(31)16-27(26(29)32,21-8-10-22(33-3)11-9-21)15-24(30)28(17-20-6-7-20)18-23-5-4-14-34-23/h8-11,19-20,23H,4-7,12-18H2,1-3H3/t23-,27-/m0/s1. The maximum atomic E-state index is 13.8. The number of nitrogens with zero attached hydrogens (tertiary/aromatic N) is 2. The Morgan fingerprint density at radius 2 is 1.91 bits per heavy atom. The van der Waals surface area contributed by atoms with Crippen LogP contribution in [-0.2, 0) is 24.5 Å². The molecule has 1 aliphatic carbocycles. The molecule has 34 heavy (non-hydrogen) atoms. The lowest BCUT2D eigenvalue weighted by Gasteiger charge is -2.32. The average Bonchev–Trinajstić information content (AvgIpc) is 3.42. The number of hydrogen-bond donors (Lipinski definition) is 0. The highest BCUT2D eigenvalue weighted by Crippen LogP contribution is 2.41. The molecule has 2 heterocycles. The van der Waals surface area contributed by atoms with E-state index in [1.165, 1.54) is 4.90 Å². The highest BCUT2D eigenvalue weighted by atomic mass is 16.5. The number of methoxy groups -OCH3 is 1. The molecule has 7 heteroatoms. The second kappa shape index (κ2) is 10.5. The van der Waals surface area contributed by atoms with Gasteiger partial charge in [-0.05, 0) is 61.6 Å². The van der Waals surface area contributed by atoms with Gasteiger partial charge >= 0.3 is 0 Å². The Morgan fingerprint density at radius 1 is 1.18 bits per heavy atom. The third-order valence-corrected chi connectivity index (χ3v) is 7.41. The summed E-state index contributed by atoms with van der Waals surface area (Å²) in [5, 5.41) is 0. The first kappa shape index (κ1) is 24.7. The summed E-state index contributed by atoms with van der Waals surface area (Å²) in [5.41, 5.74) is -0.467. The lowest BCUT2D eigenvalue weighted by Crippen LogP contribution is -2.46. The van der Waals surface area contributed by atoms with Crippen molar-refractivity contribution < 1.29 is 23.9 Å². The van der Waals surface area contributed by atoms with Gasteiger partial charge in [-0.25, -0.2) is 0 Å². The second-order valence-corrected chi connectivity index (χ2v) is 10.6. The van der Waals surface area contributed by atoms with E-state index >= 15 is 0 Å². The topological polar surface area (TPSA) is 76.2 Å². The first-order chi connectivity index (χ1) is 16.3. The number of carbonyl (C=O) groups is 3. The molecule has 0 radical (unpaired) electrons. The van der Waals surface area contributed by atoms with Crippen molar-refractivity contribution in [3.05, 3.63) is 29.8 Å². The molecule has 186 valence electrons. The normalized spacial score (nSPS) is 24.8. The summed E-state index contributed by atoms with van der Waals surface area (Å²) in [6, 6.07) is 7.25. The Hall–Kier alpha value is -2.41. The van der Waals surface area contributed by atoms with Gasteiger partial charge in [0.05, 0.1) is 18.6 Å². The molecule has 3 fully saturated rings. The largest absolute Gasteiger partial charge is 0.497 e. The third-order valence-electron chi connectivity index (χ3n) is 7.41. The molecule has 4 rings (SSSR count). The van der Waals surface area contributed by atoms with Crippen LogP contribution in [0.3, 0.4) is 0 Å². The van der Waals surface area contributed by atoms with Gasteiger partial charge in [0, 0.05) is 39.1 Å². The zero-order valence-electron chi connectivity index (χ0n) is 20.8. The van der Waals surface area contributed by atoms with Crippen molar-refractivity contribution in [3.63, 3.8) is 0 Å². The van der Waals surface area contributed by atoms with Crippen molar-refractivity contribution in [2.45, 2.75) is 70.3 Å². The van der Waals surface area contributed by atoms with Crippen LogP contribution in [0.2, 0.25) is 0 Å². The van der Waals surface area contributed by atoms with Crippen LogP contribution < -0.4 is 4.74 Å². The van der Waals surface area contributed by atoms with E-state index in [0.29, 0.717) is 42.8 Å². The fraction of sp³-hybridized carbons (Fsp3) is 0.667. The van der Waals surface area contributed by atoms with Crippen molar-refractivity contribution in [1.29, 1.82) is 0 Å². The smallest absolute Gasteiger partial charge is 0.240 e. The summed E-state index contributed by atoms with van der Waals surface area (Å²) in [6.07, 6.45) is 5.08. The van der Waals surface area contributed by atoms with Crippen LogP contribution >= 0.6 is 0 Å². The van der Waals surface area contributed by atoms with Crippen LogP contribution in [0.4, 0.5) is 0 Å². The molecule has 3 aliphatic rings. The van der Waals surface area contributed by atoms with Gasteiger partial charge in [0.15, 0.2) is 0 Å². The minimum absolute atomic E-state index is 0.00151. The Kier molecular flexibility index (Phi) is 7.60. The van der Waals surface area contributed by atoms with Crippen LogP contribution in [-0.4, -0.2) is 67.0 Å². The number of hydrogen-bond acceptors (Lipinski definition) is 5. The van der Waals surface area contributed by atoms with Crippen molar-refractivity contribution in [2.75, 3.05) is 33.4 Å². The van der Waals surface area contributed by atoms with Gasteiger partial charge in [0.1, 0.15) is 5.75 Å². The molecule has 0 N–H and O–H groups in total. The van der Waals surface area contributed by atoms with E-state index in [1.807, 2.05) is 17.0 Å². The number of ether oxygens (including phenoxy) is 2. The van der Waals surface area contributed by atoms with Crippen molar-refractivity contribution >= 4 is 17.7 Å². The van der Waals surface area contributed by atoms with Crippen LogP contribution in [0.15, 0.2) is 24.3 Å². The fourth-order valence-electron chi connectivity index (χ4n) is 5.08. The Bertz CT molecular complexity index is 889. The van der Waals surface area contributed by atoms with Gasteiger partial charge in [-0.3, -0.25) is 19.3 Å². The molecular formula is C27H38N2O5. The number of likely N-dealkylation sites (tertiary alicyclic amines) is 1. The van der Waals surface area contributed by atoms with Gasteiger partial charge in [-0.2, -0.15) is 0 Å². The molecule has 7 nitrogen and oxygen atoms in total. The van der Waals surface area contributed by atoms with E-state index in [9.17, 15) is 14.4 Å². The molecule has 0 unspecified atom stereocenters. The van der Waals surface area contributed by atoms with Crippen LogP contribution in [0.25, 0.3) is 0 Å². The lowest BCUT2D eigenvalue weighted by atomic mass is 9.75. The fourth-order valence-corrected chi connectivity index (χ4v) is 5.08. The first-order valence-electron chi connectivity index (χ1n) is 12.7. The summed E-state index contributed by atoms with van der Waals surface area (Å²) in [5.74, 6) is 1.07. The first-order valence-corrected chi connectivity index (χ1v) is 12.7. The van der Waals surface area contributed by atoms with Gasteiger partial charge in [-0.15, -0.1) is 0 Å². The van der Waals surface area contributed by atoms with Gasteiger partial charge in [0.2, 0.25) is 17.7 Å². The Balaban J connectivity index is 1.61. The lowest BCUT2D eigenvalue weighted by molar-refractivity contribution is -0.143. The minimum Gasteiger partial charge on any atom is -0.497 e. The summed E-state index contributed by atoms with van der Waals surface area (Å²) in [4.78, 5) is 43.9. The van der Waals surface area contributed by atoms with E-state index in [4.69, 9.17) is 9.47 Å². The molecule has 0 spiro atoms. The van der Waals surface area contributed by atoms with E-state index in [0.717, 1.165) is 38.7 Å². The van der Waals surface area contributed by atoms with E-state index in [1.54, 1.807) is 19.2 Å². The Labute approximate surface area is 202 Å². The molecule has 3 amide bonds. The third kappa shape index (κ3) is 5.45. The number of imide groups is 1. The molecular weight excluding hydrogens is 432 g/mol. The molecule has 1 aromatic carbocycles. The average molecular weight is 471 g/mol. The van der Waals surface area contributed by atoms with E-state index in [-0.39, 0.29) is 36.7 Å². The zero-order valence-corrected chi connectivity index (χ0v) is 20.8. The van der Waals surface area contributed by atoms with Crippen LogP contribution in [0.1, 0.15) is 64.4 Å². The monoisotopic (exact) mass is 470 g/mol. The Morgan fingerprint density at radius 3 is 2.50 bits per heavy atom. The SMILES string of the molecule is COc1ccc([C@]2(CC(=O)N(CC3CC3)C[C@@H]3CCCO3)CC(=O)N(CCC(C)C)C2=O)cc1. The minimum atomic E-state index is -1.17. The molecule has 2 aliphatic heterocycles. The van der Waals surface area contributed by atoms with Crippen molar-refractivity contribution in [1.82, 2.24) is 9.80 Å². The van der Waals surface area contributed by atoms with Gasteiger partial charge in [0.25, 0.3) is 0 Å². The predicted molar refractivity (Wildman–Crippen MR) is 128 cm³/mol.